The number of rotatable bonds is 2. The first-order valence-corrected chi connectivity index (χ1v) is 3.80. The van der Waals surface area contributed by atoms with E-state index in [-0.39, 0.29) is 16.0 Å². The van der Waals surface area contributed by atoms with Crippen molar-refractivity contribution in [3.63, 3.8) is 0 Å². The first-order chi connectivity index (χ1) is 6.61. The molecule has 6 nitrogen and oxygen atoms in total. The molecule has 76 valence electrons. The van der Waals surface area contributed by atoms with Gasteiger partial charge in [0.15, 0.2) is 0 Å². The average Bonchev–Trinajstić information content (AvgIpc) is 2.18. The van der Waals surface area contributed by atoms with E-state index in [9.17, 15) is 10.0 Å². The highest BCUT2D eigenvalue weighted by atomic mass is 16.6. The Labute approximate surface area is 81.0 Å². The van der Waals surface area contributed by atoms with Gasteiger partial charge in [-0.3, -0.25) is 0 Å². The molecule has 0 atom stereocenters. The van der Waals surface area contributed by atoms with E-state index in [1.54, 1.807) is 30.3 Å². The largest absolute Gasteiger partial charge is 0.769 e. The Balaban J connectivity index is 2.58. The Morgan fingerprint density at radius 1 is 1.43 bits per heavy atom. The second-order valence-electron chi connectivity index (χ2n) is 2.46. The lowest BCUT2D eigenvalue weighted by molar-refractivity contribution is 0.0917. The van der Waals surface area contributed by atoms with Gasteiger partial charge in [-0.1, -0.05) is 18.2 Å². The first-order valence-electron chi connectivity index (χ1n) is 3.80. The van der Waals surface area contributed by atoms with Crippen molar-refractivity contribution >= 4 is 6.09 Å². The fourth-order valence-electron chi connectivity index (χ4n) is 0.748. The summed E-state index contributed by atoms with van der Waals surface area (Å²) in [5.41, 5.74) is 0. The lowest BCUT2D eigenvalue weighted by atomic mass is 10.3. The molecule has 0 bridgehead atoms. The smallest absolute Gasteiger partial charge is 0.411 e. The minimum absolute atomic E-state index is 0.0608. The third-order valence-electron chi connectivity index (χ3n) is 1.40. The third kappa shape index (κ3) is 2.70. The standard InChI is InChI=1S/C8H9N3O3/c1-10(13)11(9)8(12)14-7-5-3-2-4-6-7/h2-6,9H,1H3/q-2. The van der Waals surface area contributed by atoms with Crippen molar-refractivity contribution in [3.8, 4) is 5.75 Å². The van der Waals surface area contributed by atoms with Gasteiger partial charge in [0.2, 0.25) is 0 Å². The van der Waals surface area contributed by atoms with Crippen LogP contribution in [0.3, 0.4) is 0 Å². The Morgan fingerprint density at radius 3 is 2.50 bits per heavy atom. The quantitative estimate of drug-likeness (QED) is 0.674. The van der Waals surface area contributed by atoms with E-state index < -0.39 is 6.09 Å². The second-order valence-corrected chi connectivity index (χ2v) is 2.46. The maximum Gasteiger partial charge on any atom is 0.411 e. The van der Waals surface area contributed by atoms with Gasteiger partial charge in [-0.15, -0.1) is 0 Å². The van der Waals surface area contributed by atoms with Gasteiger partial charge < -0.3 is 26.1 Å². The van der Waals surface area contributed by atoms with Crippen LogP contribution >= 0.6 is 0 Å². The van der Waals surface area contributed by atoms with E-state index in [4.69, 9.17) is 10.6 Å². The molecule has 0 saturated carbocycles. The molecular formula is C8H9N3O3-2. The number of carbonyl (C=O) groups is 1. The highest BCUT2D eigenvalue weighted by Gasteiger charge is 2.05. The van der Waals surface area contributed by atoms with Gasteiger partial charge in [-0.05, 0) is 19.2 Å². The van der Waals surface area contributed by atoms with E-state index >= 15 is 0 Å². The van der Waals surface area contributed by atoms with Crippen LogP contribution in [0.4, 0.5) is 4.79 Å². The maximum atomic E-state index is 11.0. The molecule has 0 aromatic heterocycles. The van der Waals surface area contributed by atoms with Crippen LogP contribution in [-0.2, 0) is 0 Å². The molecule has 0 aliphatic carbocycles. The minimum Gasteiger partial charge on any atom is -0.769 e. The normalized spacial score (nSPS) is 10.0. The number of hydrogen-bond acceptors (Lipinski definition) is 4. The predicted molar refractivity (Wildman–Crippen MR) is 49.8 cm³/mol. The highest BCUT2D eigenvalue weighted by molar-refractivity contribution is 5.70. The molecule has 1 N–H and O–H groups in total. The van der Waals surface area contributed by atoms with Crippen molar-refractivity contribution in [2.75, 3.05) is 7.05 Å². The average molecular weight is 195 g/mol. The Hall–Kier alpha value is -1.63. The molecule has 0 saturated heterocycles. The van der Waals surface area contributed by atoms with Crippen molar-refractivity contribution < 1.29 is 9.53 Å². The van der Waals surface area contributed by atoms with Crippen molar-refractivity contribution in [2.45, 2.75) is 0 Å². The molecule has 1 aromatic rings. The van der Waals surface area contributed by atoms with E-state index in [0.29, 0.717) is 0 Å². The summed E-state index contributed by atoms with van der Waals surface area (Å²) in [6.45, 7) is 0. The number of hydrazine groups is 1. The third-order valence-corrected chi connectivity index (χ3v) is 1.40. The molecule has 0 unspecified atom stereocenters. The van der Waals surface area contributed by atoms with Gasteiger partial charge in [0.25, 0.3) is 0 Å². The first kappa shape index (κ1) is 10.5. The number of hydrogen-bond donors (Lipinski definition) is 0. The van der Waals surface area contributed by atoms with Crippen molar-refractivity contribution in [1.82, 2.24) is 10.3 Å². The molecule has 0 spiro atoms. The summed E-state index contributed by atoms with van der Waals surface area (Å²) in [7, 11) is 1.03. The summed E-state index contributed by atoms with van der Waals surface area (Å²) in [5.74, 6) is 7.24. The van der Waals surface area contributed by atoms with Crippen LogP contribution in [-0.4, -0.2) is 23.4 Å². The van der Waals surface area contributed by atoms with Gasteiger partial charge in [0.1, 0.15) is 5.75 Å². The van der Waals surface area contributed by atoms with Crippen LogP contribution in [0.25, 0.3) is 5.84 Å². The second kappa shape index (κ2) is 4.56. The van der Waals surface area contributed by atoms with Crippen LogP contribution in [0.1, 0.15) is 0 Å². The number of amides is 1. The summed E-state index contributed by atoms with van der Waals surface area (Å²) < 4.78 is 4.70. The highest BCUT2D eigenvalue weighted by Crippen LogP contribution is 2.10. The molecule has 14 heavy (non-hydrogen) atoms. The molecule has 0 aliphatic rings. The fourth-order valence-corrected chi connectivity index (χ4v) is 0.748. The molecule has 0 fully saturated rings. The Bertz CT molecular complexity index is 302. The SMILES string of the molecule is CN([O-])N([NH-])C(=O)Oc1ccccc1. The van der Waals surface area contributed by atoms with Crippen LogP contribution in [0.5, 0.6) is 5.75 Å². The number of nitrogens with one attached hydrogen (secondary N) is 1. The fraction of sp³-hybridized carbons (Fsp3) is 0.125. The molecule has 1 rings (SSSR count). The topological polar surface area (TPSA) is 79.6 Å². The number of para-hydroxylation sites is 1. The predicted octanol–water partition coefficient (Wildman–Crippen LogP) is 1.80. The zero-order valence-corrected chi connectivity index (χ0v) is 7.51. The van der Waals surface area contributed by atoms with Gasteiger partial charge in [-0.2, -0.15) is 0 Å². The van der Waals surface area contributed by atoms with E-state index in [0.717, 1.165) is 7.05 Å². The molecule has 0 aliphatic heterocycles. The molecule has 1 amide bonds. The van der Waals surface area contributed by atoms with Gasteiger partial charge in [0, 0.05) is 0 Å². The summed E-state index contributed by atoms with van der Waals surface area (Å²) in [6, 6.07) is 8.22. The summed E-state index contributed by atoms with van der Waals surface area (Å²) in [4.78, 5) is 11.0. The van der Waals surface area contributed by atoms with Crippen LogP contribution in [0.2, 0.25) is 0 Å². The van der Waals surface area contributed by atoms with Crippen molar-refractivity contribution in [3.05, 3.63) is 41.4 Å². The van der Waals surface area contributed by atoms with Crippen LogP contribution in [0.15, 0.2) is 30.3 Å². The van der Waals surface area contributed by atoms with Gasteiger partial charge in [0.05, 0.1) is 0 Å². The minimum atomic E-state index is -1.05. The number of benzene rings is 1. The number of carbonyl (C=O) groups excluding carboxylic acids is 1. The lowest BCUT2D eigenvalue weighted by Crippen LogP contribution is -2.36. The number of hydroxylamine groups is 1. The number of nitrogens with zero attached hydrogens (tertiary/aromatic N) is 2. The van der Waals surface area contributed by atoms with E-state index in [1.165, 1.54) is 0 Å². The van der Waals surface area contributed by atoms with Crippen LogP contribution in [0, 0.1) is 5.21 Å². The molecule has 1 aromatic carbocycles. The van der Waals surface area contributed by atoms with E-state index in [2.05, 4.69) is 0 Å². The summed E-state index contributed by atoms with van der Waals surface area (Å²) in [6.07, 6.45) is -1.05. The van der Waals surface area contributed by atoms with Crippen molar-refractivity contribution in [1.29, 1.82) is 0 Å². The molecule has 6 heteroatoms. The molecule has 0 heterocycles. The van der Waals surface area contributed by atoms with Crippen LogP contribution < -0.4 is 4.74 Å². The summed E-state index contributed by atoms with van der Waals surface area (Å²) in [5, 5.41) is 10.7. The molecule has 0 radical (unpaired) electrons. The Kier molecular flexibility index (Phi) is 3.41. The molecular weight excluding hydrogens is 186 g/mol. The maximum absolute atomic E-state index is 11.0. The number of ether oxygens (including phenoxy) is 1. The Morgan fingerprint density at radius 2 is 2.00 bits per heavy atom. The van der Waals surface area contributed by atoms with E-state index in [1.807, 2.05) is 0 Å². The monoisotopic (exact) mass is 195 g/mol. The van der Waals surface area contributed by atoms with Gasteiger partial charge >= 0.3 is 6.09 Å². The zero-order chi connectivity index (χ0) is 10.6. The summed E-state index contributed by atoms with van der Waals surface area (Å²) >= 11 is 0. The zero-order valence-electron chi connectivity index (χ0n) is 7.51. The van der Waals surface area contributed by atoms with Crippen molar-refractivity contribution in [2.24, 2.45) is 0 Å². The lowest BCUT2D eigenvalue weighted by Gasteiger charge is -2.39. The van der Waals surface area contributed by atoms with Gasteiger partial charge in [-0.25, -0.2) is 4.79 Å².